The van der Waals surface area contributed by atoms with Gasteiger partial charge in [0.25, 0.3) is 0 Å². The number of carbonyl (C=O) groups excluding carboxylic acids is 1. The Kier molecular flexibility index (Phi) is 3.39. The summed E-state index contributed by atoms with van der Waals surface area (Å²) in [6.45, 7) is 7.83. The van der Waals surface area contributed by atoms with E-state index in [-0.39, 0.29) is 11.9 Å². The fourth-order valence-electron chi connectivity index (χ4n) is 0.923. The van der Waals surface area contributed by atoms with Crippen molar-refractivity contribution >= 4 is 5.91 Å². The molecule has 5 nitrogen and oxygen atoms in total. The molecule has 14 heavy (non-hydrogen) atoms. The second kappa shape index (κ2) is 4.55. The highest BCUT2D eigenvalue weighted by atomic mass is 16.2. The Hall–Kier alpha value is -1.65. The van der Waals surface area contributed by atoms with Crippen LogP contribution in [0.1, 0.15) is 19.9 Å². The SMILES string of the molecule is C=C(C)CNC(=O)C(C)n1cncn1. The summed E-state index contributed by atoms with van der Waals surface area (Å²) in [5.74, 6) is -0.0847. The lowest BCUT2D eigenvalue weighted by Crippen LogP contribution is -2.32. The lowest BCUT2D eigenvalue weighted by molar-refractivity contribution is -0.123. The molecule has 0 aromatic carbocycles. The smallest absolute Gasteiger partial charge is 0.244 e. The van der Waals surface area contributed by atoms with Crippen molar-refractivity contribution in [3.63, 3.8) is 0 Å². The molecule has 1 aromatic rings. The largest absolute Gasteiger partial charge is 0.351 e. The van der Waals surface area contributed by atoms with E-state index in [1.165, 1.54) is 17.3 Å². The Labute approximate surface area is 82.8 Å². The van der Waals surface area contributed by atoms with Crippen molar-refractivity contribution in [2.45, 2.75) is 19.9 Å². The normalized spacial score (nSPS) is 12.1. The van der Waals surface area contributed by atoms with E-state index in [0.717, 1.165) is 5.57 Å². The van der Waals surface area contributed by atoms with Crippen molar-refractivity contribution in [3.05, 3.63) is 24.8 Å². The van der Waals surface area contributed by atoms with E-state index < -0.39 is 0 Å². The molecule has 0 radical (unpaired) electrons. The summed E-state index contributed by atoms with van der Waals surface area (Å²) in [7, 11) is 0. The quantitative estimate of drug-likeness (QED) is 0.711. The molecular weight excluding hydrogens is 180 g/mol. The minimum atomic E-state index is -0.336. The van der Waals surface area contributed by atoms with Gasteiger partial charge in [0, 0.05) is 6.54 Å². The third-order valence-corrected chi connectivity index (χ3v) is 1.78. The van der Waals surface area contributed by atoms with Crippen LogP contribution < -0.4 is 5.32 Å². The molecule has 0 saturated heterocycles. The van der Waals surface area contributed by atoms with E-state index in [0.29, 0.717) is 6.54 Å². The third kappa shape index (κ3) is 2.69. The topological polar surface area (TPSA) is 59.8 Å². The molecule has 0 aliphatic carbocycles. The molecule has 1 amide bonds. The van der Waals surface area contributed by atoms with Gasteiger partial charge in [0.1, 0.15) is 18.7 Å². The number of amides is 1. The van der Waals surface area contributed by atoms with Crippen LogP contribution in [0.5, 0.6) is 0 Å². The summed E-state index contributed by atoms with van der Waals surface area (Å²) in [6, 6.07) is -0.336. The highest BCUT2D eigenvalue weighted by molar-refractivity contribution is 5.79. The van der Waals surface area contributed by atoms with Crippen molar-refractivity contribution in [3.8, 4) is 0 Å². The number of hydrogen-bond acceptors (Lipinski definition) is 3. The van der Waals surface area contributed by atoms with Gasteiger partial charge in [0.05, 0.1) is 0 Å². The first-order chi connectivity index (χ1) is 6.61. The summed E-state index contributed by atoms with van der Waals surface area (Å²) in [5.41, 5.74) is 0.921. The van der Waals surface area contributed by atoms with Crippen LogP contribution >= 0.6 is 0 Å². The lowest BCUT2D eigenvalue weighted by Gasteiger charge is -2.11. The maximum atomic E-state index is 11.5. The second-order valence-electron chi connectivity index (χ2n) is 3.23. The molecule has 1 N–H and O–H groups in total. The monoisotopic (exact) mass is 194 g/mol. The van der Waals surface area contributed by atoms with Crippen LogP contribution in [0.25, 0.3) is 0 Å². The Morgan fingerprint density at radius 2 is 2.43 bits per heavy atom. The van der Waals surface area contributed by atoms with Crippen LogP contribution in [0.3, 0.4) is 0 Å². The van der Waals surface area contributed by atoms with E-state index in [9.17, 15) is 4.79 Å². The standard InChI is InChI=1S/C9H14N4O/c1-7(2)4-11-9(14)8(3)13-6-10-5-12-13/h5-6,8H,1,4H2,2-3H3,(H,11,14). The molecule has 0 saturated carbocycles. The minimum absolute atomic E-state index is 0.0847. The fraction of sp³-hybridized carbons (Fsp3) is 0.444. The van der Waals surface area contributed by atoms with E-state index in [1.807, 2.05) is 6.92 Å². The van der Waals surface area contributed by atoms with Crippen molar-refractivity contribution in [2.24, 2.45) is 0 Å². The van der Waals surface area contributed by atoms with Gasteiger partial charge in [-0.15, -0.1) is 0 Å². The Morgan fingerprint density at radius 3 is 2.93 bits per heavy atom. The fourth-order valence-corrected chi connectivity index (χ4v) is 0.923. The van der Waals surface area contributed by atoms with E-state index >= 15 is 0 Å². The van der Waals surface area contributed by atoms with Gasteiger partial charge < -0.3 is 5.32 Å². The van der Waals surface area contributed by atoms with E-state index in [4.69, 9.17) is 0 Å². The van der Waals surface area contributed by atoms with Crippen LogP contribution in [-0.4, -0.2) is 27.2 Å². The molecule has 5 heteroatoms. The summed E-state index contributed by atoms with van der Waals surface area (Å²) in [5, 5.41) is 6.63. The summed E-state index contributed by atoms with van der Waals surface area (Å²) < 4.78 is 1.51. The molecule has 0 spiro atoms. The predicted octanol–water partition coefficient (Wildman–Crippen LogP) is 0.531. The molecule has 0 bridgehead atoms. The van der Waals surface area contributed by atoms with Crippen molar-refractivity contribution in [2.75, 3.05) is 6.54 Å². The molecule has 0 aliphatic heterocycles. The molecule has 1 heterocycles. The summed E-state index contributed by atoms with van der Waals surface area (Å²) >= 11 is 0. The Morgan fingerprint density at radius 1 is 1.71 bits per heavy atom. The molecule has 1 rings (SSSR count). The molecule has 0 fully saturated rings. The molecule has 1 atom stereocenters. The molecule has 1 unspecified atom stereocenters. The minimum Gasteiger partial charge on any atom is -0.351 e. The number of nitrogens with zero attached hydrogens (tertiary/aromatic N) is 3. The molecule has 76 valence electrons. The van der Waals surface area contributed by atoms with Crippen molar-refractivity contribution in [1.29, 1.82) is 0 Å². The number of hydrogen-bond donors (Lipinski definition) is 1. The van der Waals surface area contributed by atoms with Gasteiger partial charge in [-0.3, -0.25) is 4.79 Å². The highest BCUT2D eigenvalue weighted by Gasteiger charge is 2.14. The summed E-state index contributed by atoms with van der Waals surface area (Å²) in [6.07, 6.45) is 2.92. The maximum absolute atomic E-state index is 11.5. The third-order valence-electron chi connectivity index (χ3n) is 1.78. The molecule has 0 aliphatic rings. The van der Waals surface area contributed by atoms with Crippen LogP contribution in [0.15, 0.2) is 24.8 Å². The van der Waals surface area contributed by atoms with Crippen LogP contribution in [0.2, 0.25) is 0 Å². The number of rotatable bonds is 4. The van der Waals surface area contributed by atoms with E-state index in [2.05, 4.69) is 22.0 Å². The van der Waals surface area contributed by atoms with E-state index in [1.54, 1.807) is 6.92 Å². The zero-order valence-corrected chi connectivity index (χ0v) is 8.40. The second-order valence-corrected chi connectivity index (χ2v) is 3.23. The van der Waals surface area contributed by atoms with Gasteiger partial charge in [-0.05, 0) is 13.8 Å². The van der Waals surface area contributed by atoms with Crippen molar-refractivity contribution < 1.29 is 4.79 Å². The molecule has 1 aromatic heterocycles. The van der Waals surface area contributed by atoms with Crippen LogP contribution in [-0.2, 0) is 4.79 Å². The highest BCUT2D eigenvalue weighted by Crippen LogP contribution is 2.01. The first kappa shape index (κ1) is 10.4. The van der Waals surface area contributed by atoms with Crippen LogP contribution in [0.4, 0.5) is 0 Å². The summed E-state index contributed by atoms with van der Waals surface area (Å²) in [4.78, 5) is 15.3. The van der Waals surface area contributed by atoms with Gasteiger partial charge in [-0.25, -0.2) is 9.67 Å². The number of nitrogens with one attached hydrogen (secondary N) is 1. The zero-order chi connectivity index (χ0) is 10.6. The van der Waals surface area contributed by atoms with Gasteiger partial charge in [0.15, 0.2) is 0 Å². The average molecular weight is 194 g/mol. The van der Waals surface area contributed by atoms with Gasteiger partial charge in [-0.1, -0.05) is 12.2 Å². The van der Waals surface area contributed by atoms with Crippen LogP contribution in [0, 0.1) is 0 Å². The Bertz CT molecular complexity index is 318. The lowest BCUT2D eigenvalue weighted by atomic mass is 10.3. The Balaban J connectivity index is 2.49. The average Bonchev–Trinajstić information content (AvgIpc) is 2.65. The zero-order valence-electron chi connectivity index (χ0n) is 8.40. The molecular formula is C9H14N4O. The predicted molar refractivity (Wildman–Crippen MR) is 52.6 cm³/mol. The number of carbonyl (C=O) groups is 1. The van der Waals surface area contributed by atoms with Gasteiger partial charge >= 0.3 is 0 Å². The van der Waals surface area contributed by atoms with Gasteiger partial charge in [0.2, 0.25) is 5.91 Å². The first-order valence-corrected chi connectivity index (χ1v) is 4.37. The van der Waals surface area contributed by atoms with Gasteiger partial charge in [-0.2, -0.15) is 5.10 Å². The maximum Gasteiger partial charge on any atom is 0.244 e. The van der Waals surface area contributed by atoms with Crippen molar-refractivity contribution in [1.82, 2.24) is 20.1 Å². The number of aromatic nitrogens is 3. The first-order valence-electron chi connectivity index (χ1n) is 4.37.